The van der Waals surface area contributed by atoms with Crippen LogP contribution in [-0.4, -0.2) is 255 Å². The van der Waals surface area contributed by atoms with Gasteiger partial charge in [-0.25, -0.2) is 0 Å². The molecule has 32 unspecified atom stereocenters. The van der Waals surface area contributed by atoms with Gasteiger partial charge in [0.2, 0.25) is 0 Å². The molecule has 4 saturated heterocycles. The molecular formula is C54H92O24. The molecule has 452 valence electrons. The molecule has 24 heteroatoms. The fourth-order valence-corrected chi connectivity index (χ4v) is 17.5. The Labute approximate surface area is 455 Å². The normalized spacial score (nSPS) is 54.6. The topological polar surface area (TPSA) is 398 Å². The van der Waals surface area contributed by atoms with Crippen LogP contribution in [0.15, 0.2) is 0 Å². The maximum atomic E-state index is 12.8. The summed E-state index contributed by atoms with van der Waals surface area (Å²) in [6, 6.07) is 0. The molecule has 0 radical (unpaired) electrons. The molecule has 32 atom stereocenters. The Kier molecular flexibility index (Phi) is 18.0. The van der Waals surface area contributed by atoms with E-state index in [1.54, 1.807) is 0 Å². The van der Waals surface area contributed by atoms with E-state index in [1.807, 2.05) is 13.8 Å². The summed E-state index contributed by atoms with van der Waals surface area (Å²) in [7, 11) is 0. The summed E-state index contributed by atoms with van der Waals surface area (Å²) in [5.41, 5.74) is -2.10. The molecule has 0 aromatic rings. The van der Waals surface area contributed by atoms with E-state index in [0.29, 0.717) is 38.5 Å². The summed E-state index contributed by atoms with van der Waals surface area (Å²) in [5.74, 6) is -0.0817. The van der Waals surface area contributed by atoms with Crippen LogP contribution in [0.2, 0.25) is 0 Å². The molecule has 16 N–H and O–H groups in total. The lowest BCUT2D eigenvalue weighted by molar-refractivity contribution is -0.391. The van der Waals surface area contributed by atoms with Crippen molar-refractivity contribution in [2.45, 2.75) is 253 Å². The lowest BCUT2D eigenvalue weighted by Gasteiger charge is -2.64. The van der Waals surface area contributed by atoms with Gasteiger partial charge in [0.05, 0.1) is 50.8 Å². The second kappa shape index (κ2) is 22.8. The Morgan fingerprint density at radius 3 is 1.56 bits per heavy atom. The van der Waals surface area contributed by atoms with Crippen molar-refractivity contribution in [2.24, 2.45) is 56.7 Å². The molecule has 4 aliphatic heterocycles. The third-order valence-electron chi connectivity index (χ3n) is 21.9. The van der Waals surface area contributed by atoms with Crippen molar-refractivity contribution in [3.05, 3.63) is 0 Å². The molecule has 9 fully saturated rings. The van der Waals surface area contributed by atoms with Crippen LogP contribution in [0.25, 0.3) is 0 Å². The van der Waals surface area contributed by atoms with Crippen LogP contribution in [-0.2, 0) is 37.9 Å². The fourth-order valence-electron chi connectivity index (χ4n) is 17.5. The molecule has 5 saturated carbocycles. The Hall–Kier alpha value is -0.960. The van der Waals surface area contributed by atoms with Crippen LogP contribution in [0.4, 0.5) is 0 Å². The zero-order valence-electron chi connectivity index (χ0n) is 45.9. The summed E-state index contributed by atoms with van der Waals surface area (Å²) in [5, 5.41) is 174. The number of ether oxygens (including phenoxy) is 8. The zero-order valence-corrected chi connectivity index (χ0v) is 45.9. The highest BCUT2D eigenvalue weighted by atomic mass is 16.8. The van der Waals surface area contributed by atoms with Crippen molar-refractivity contribution >= 4 is 0 Å². The first-order valence-corrected chi connectivity index (χ1v) is 28.5. The minimum absolute atomic E-state index is 0.00876. The van der Waals surface area contributed by atoms with Gasteiger partial charge in [-0.3, -0.25) is 0 Å². The van der Waals surface area contributed by atoms with E-state index in [-0.39, 0.29) is 40.4 Å². The molecule has 24 nitrogen and oxygen atoms in total. The Morgan fingerprint density at radius 1 is 0.487 bits per heavy atom. The van der Waals surface area contributed by atoms with Crippen LogP contribution in [0.3, 0.4) is 0 Å². The molecule has 0 amide bonds. The fraction of sp³-hybridized carbons (Fsp3) is 1.00. The minimum atomic E-state index is -1.97. The highest BCUT2D eigenvalue weighted by molar-refractivity contribution is 5.33. The van der Waals surface area contributed by atoms with Gasteiger partial charge in [0, 0.05) is 5.41 Å². The van der Waals surface area contributed by atoms with Crippen molar-refractivity contribution < 1.29 is 120 Å². The monoisotopic (exact) mass is 1120 g/mol. The van der Waals surface area contributed by atoms with Crippen molar-refractivity contribution in [2.75, 3.05) is 26.4 Å². The lowest BCUT2D eigenvalue weighted by atomic mass is 9.41. The zero-order chi connectivity index (χ0) is 57.1. The predicted molar refractivity (Wildman–Crippen MR) is 265 cm³/mol. The summed E-state index contributed by atoms with van der Waals surface area (Å²) >= 11 is 0. The van der Waals surface area contributed by atoms with Gasteiger partial charge in [-0.15, -0.1) is 0 Å². The number of aliphatic hydroxyl groups excluding tert-OH is 16. The maximum absolute atomic E-state index is 12.8. The average molecular weight is 1130 g/mol. The molecular weight excluding hydrogens is 1030 g/mol. The summed E-state index contributed by atoms with van der Waals surface area (Å²) in [6.45, 7) is 11.9. The first kappa shape index (κ1) is 61.6. The Balaban J connectivity index is 0.894. The predicted octanol–water partition coefficient (Wildman–Crippen LogP) is -3.54. The van der Waals surface area contributed by atoms with Crippen LogP contribution < -0.4 is 0 Å². The van der Waals surface area contributed by atoms with Gasteiger partial charge in [-0.2, -0.15) is 0 Å². The van der Waals surface area contributed by atoms with Crippen LogP contribution >= 0.6 is 0 Å². The molecule has 0 aromatic heterocycles. The molecule has 0 bridgehead atoms. The average Bonchev–Trinajstić information content (AvgIpc) is 2.89. The van der Waals surface area contributed by atoms with Gasteiger partial charge in [-0.05, 0) is 109 Å². The minimum Gasteiger partial charge on any atom is -0.394 e. The molecule has 5 aliphatic carbocycles. The molecule has 9 aliphatic rings. The van der Waals surface area contributed by atoms with Crippen molar-refractivity contribution in [1.29, 1.82) is 0 Å². The van der Waals surface area contributed by atoms with Crippen LogP contribution in [0.1, 0.15) is 106 Å². The number of fused-ring (bicyclic) bond motifs is 2. The number of hydrogen-bond acceptors (Lipinski definition) is 24. The largest absolute Gasteiger partial charge is 0.394 e. The summed E-state index contributed by atoms with van der Waals surface area (Å²) < 4.78 is 48.2. The smallest absolute Gasteiger partial charge is 0.187 e. The van der Waals surface area contributed by atoms with Gasteiger partial charge < -0.3 is 120 Å². The highest BCUT2D eigenvalue weighted by Gasteiger charge is 2.85. The Bertz CT molecular complexity index is 2020. The molecule has 4 heterocycles. The van der Waals surface area contributed by atoms with E-state index < -0.39 is 190 Å². The quantitative estimate of drug-likeness (QED) is 0.0627. The van der Waals surface area contributed by atoms with Gasteiger partial charge in [0.15, 0.2) is 25.2 Å². The number of hydrogen-bond donors (Lipinski definition) is 16. The van der Waals surface area contributed by atoms with E-state index in [2.05, 4.69) is 34.6 Å². The standard InChI is InChI=1S/C54H92O24/c1-21(2)24(71-46-41(68)38(65)34(61)25(16-55)72-46)9-8-22(3)33-23(59)14-51(6)30-11-10-29-50(4,5)32(12-13-53(29)20-54(30,53)31(60)15-52(33,51)7)76-49-45(40(67)36(63)27(18-57)75-49)78-48-43(70)44(37(64)28(19-58)74-48)77-47-42(69)39(66)35(62)26(17-56)73-47/h21-49,55-70H,8-20H2,1-7H3. The highest BCUT2D eigenvalue weighted by Crippen LogP contribution is 2.89. The van der Waals surface area contributed by atoms with Crippen molar-refractivity contribution in [3.8, 4) is 0 Å². The van der Waals surface area contributed by atoms with Gasteiger partial charge >= 0.3 is 0 Å². The second-order valence-corrected chi connectivity index (χ2v) is 26.4. The van der Waals surface area contributed by atoms with Gasteiger partial charge in [0.1, 0.15) is 97.7 Å². The summed E-state index contributed by atoms with van der Waals surface area (Å²) in [6.07, 6.45) is -29.2. The third kappa shape index (κ3) is 9.78. The van der Waals surface area contributed by atoms with E-state index in [9.17, 15) is 81.7 Å². The molecule has 9 rings (SSSR count). The Morgan fingerprint density at radius 2 is 0.987 bits per heavy atom. The van der Waals surface area contributed by atoms with E-state index in [0.717, 1.165) is 19.3 Å². The SMILES string of the molecule is CC(C)C(CCC(C)C1C(O)CC2(C)C3CCC4C(C)(C)C(OC5OC(CO)C(O)C(O)C5OC5OC(CO)C(O)C(OC6OC(CO)C(O)C(O)C6O)C5O)CCC45CC35C(O)CC12C)OC1OC(CO)C(O)C(O)C1O. The second-order valence-electron chi connectivity index (χ2n) is 26.4. The first-order valence-electron chi connectivity index (χ1n) is 28.5. The number of rotatable bonds is 17. The third-order valence-corrected chi connectivity index (χ3v) is 21.9. The molecule has 78 heavy (non-hydrogen) atoms. The lowest BCUT2D eigenvalue weighted by Crippen LogP contribution is -2.67. The summed E-state index contributed by atoms with van der Waals surface area (Å²) in [4.78, 5) is 0. The molecule has 2 spiro atoms. The first-order chi connectivity index (χ1) is 36.6. The van der Waals surface area contributed by atoms with E-state index in [4.69, 9.17) is 37.9 Å². The van der Waals surface area contributed by atoms with Crippen LogP contribution in [0.5, 0.6) is 0 Å². The maximum Gasteiger partial charge on any atom is 0.187 e. The number of aliphatic hydroxyl groups is 16. The van der Waals surface area contributed by atoms with E-state index in [1.165, 1.54) is 0 Å². The molecule has 0 aromatic carbocycles. The van der Waals surface area contributed by atoms with Gasteiger partial charge in [-0.1, -0.05) is 48.5 Å². The van der Waals surface area contributed by atoms with Crippen LogP contribution in [0, 0.1) is 56.7 Å². The van der Waals surface area contributed by atoms with E-state index >= 15 is 0 Å². The van der Waals surface area contributed by atoms with Crippen molar-refractivity contribution in [3.63, 3.8) is 0 Å². The van der Waals surface area contributed by atoms with Gasteiger partial charge in [0.25, 0.3) is 0 Å². The van der Waals surface area contributed by atoms with Crippen molar-refractivity contribution in [1.82, 2.24) is 0 Å².